The highest BCUT2D eigenvalue weighted by molar-refractivity contribution is 4.88. The van der Waals surface area contributed by atoms with Crippen LogP contribution in [-0.4, -0.2) is 9.91 Å². The van der Waals surface area contributed by atoms with Crippen LogP contribution in [0, 0.1) is 22.6 Å². The lowest BCUT2D eigenvalue weighted by Crippen LogP contribution is -1.79. The van der Waals surface area contributed by atoms with Gasteiger partial charge in [-0.15, -0.1) is 0 Å². The van der Waals surface area contributed by atoms with E-state index in [0.29, 0.717) is 0 Å². The van der Waals surface area contributed by atoms with Crippen LogP contribution in [0.5, 0.6) is 0 Å². The van der Waals surface area contributed by atoms with E-state index in [1.165, 1.54) is 6.04 Å². The highest BCUT2D eigenvalue weighted by Crippen LogP contribution is 1.73. The summed E-state index contributed by atoms with van der Waals surface area (Å²) < 4.78 is 0. The van der Waals surface area contributed by atoms with E-state index < -0.39 is 4.92 Å². The standard InChI is InChI=1S/C5H5N.C2HNO2/c1-2-4-6-5-3-1;1-2-3(4)5/h1-5H;1H. The molecule has 0 aromatic carbocycles. The van der Waals surface area contributed by atoms with Crippen molar-refractivity contribution in [2.45, 2.75) is 0 Å². The number of aromatic nitrogens is 1. The monoisotopic (exact) mass is 150 g/mol. The Labute approximate surface area is 64.0 Å². The molecule has 0 unspecified atom stereocenters. The van der Waals surface area contributed by atoms with Crippen LogP contribution in [0.4, 0.5) is 0 Å². The summed E-state index contributed by atoms with van der Waals surface area (Å²) >= 11 is 0. The summed E-state index contributed by atoms with van der Waals surface area (Å²) in [5, 5.41) is 8.94. The SMILES string of the molecule is C#C[N+](=O)[O-].c1ccncc1. The molecule has 0 saturated heterocycles. The number of hydrogen-bond donors (Lipinski definition) is 0. The summed E-state index contributed by atoms with van der Waals surface area (Å²) in [5.74, 6) is 0. The molecule has 0 amide bonds. The molecular formula is C7H6N2O2. The lowest BCUT2D eigenvalue weighted by atomic mass is 10.5. The highest BCUT2D eigenvalue weighted by Gasteiger charge is 1.70. The molecule has 1 rings (SSSR count). The van der Waals surface area contributed by atoms with E-state index in [9.17, 15) is 0 Å². The molecule has 1 aromatic heterocycles. The molecule has 0 aliphatic carbocycles. The Morgan fingerprint density at radius 2 is 1.82 bits per heavy atom. The fraction of sp³-hybridized carbons (Fsp3) is 0. The van der Waals surface area contributed by atoms with Crippen molar-refractivity contribution in [3.8, 4) is 12.5 Å². The van der Waals surface area contributed by atoms with Crippen molar-refractivity contribution >= 4 is 0 Å². The van der Waals surface area contributed by atoms with Gasteiger partial charge in [-0.05, 0) is 18.6 Å². The molecule has 11 heavy (non-hydrogen) atoms. The summed E-state index contributed by atoms with van der Waals surface area (Å²) in [6, 6.07) is 6.97. The average molecular weight is 150 g/mol. The van der Waals surface area contributed by atoms with Crippen molar-refractivity contribution in [1.82, 2.24) is 4.98 Å². The first-order valence-electron chi connectivity index (χ1n) is 2.73. The van der Waals surface area contributed by atoms with E-state index in [1.54, 1.807) is 12.4 Å². The molecule has 0 saturated carbocycles. The Morgan fingerprint density at radius 1 is 1.36 bits per heavy atom. The minimum absolute atomic E-state index is 0.847. The van der Waals surface area contributed by atoms with Crippen molar-refractivity contribution < 1.29 is 4.92 Å². The maximum absolute atomic E-state index is 8.94. The van der Waals surface area contributed by atoms with Gasteiger partial charge in [0, 0.05) is 12.4 Å². The fourth-order valence-corrected chi connectivity index (χ4v) is 0.313. The van der Waals surface area contributed by atoms with Crippen LogP contribution in [0.2, 0.25) is 0 Å². The number of terminal acetylenes is 1. The summed E-state index contributed by atoms with van der Waals surface area (Å²) in [4.78, 5) is 11.9. The van der Waals surface area contributed by atoms with Crippen molar-refractivity contribution in [3.63, 3.8) is 0 Å². The van der Waals surface area contributed by atoms with Gasteiger partial charge in [-0.25, -0.2) is 10.1 Å². The largest absolute Gasteiger partial charge is 0.286 e. The first-order valence-corrected chi connectivity index (χ1v) is 2.73. The van der Waals surface area contributed by atoms with E-state index in [1.807, 2.05) is 18.2 Å². The molecule has 0 aliphatic rings. The predicted octanol–water partition coefficient (Wildman–Crippen LogP) is 0.935. The van der Waals surface area contributed by atoms with Gasteiger partial charge in [-0.1, -0.05) is 6.07 Å². The van der Waals surface area contributed by atoms with Gasteiger partial charge < -0.3 is 0 Å². The average Bonchev–Trinajstić information content (AvgIpc) is 2.09. The summed E-state index contributed by atoms with van der Waals surface area (Å²) in [5.41, 5.74) is 0. The van der Waals surface area contributed by atoms with Gasteiger partial charge in [-0.3, -0.25) is 4.98 Å². The predicted molar refractivity (Wildman–Crippen MR) is 40.1 cm³/mol. The number of nitro groups is 1. The van der Waals surface area contributed by atoms with Crippen molar-refractivity contribution in [1.29, 1.82) is 0 Å². The third kappa shape index (κ3) is 8.11. The normalized spacial score (nSPS) is 6.82. The molecule has 0 spiro atoms. The molecule has 0 N–H and O–H groups in total. The smallest absolute Gasteiger partial charge is 0.265 e. The minimum atomic E-state index is -0.847. The third-order valence-corrected chi connectivity index (χ3v) is 0.672. The molecule has 4 heteroatoms. The van der Waals surface area contributed by atoms with E-state index in [0.717, 1.165) is 0 Å². The van der Waals surface area contributed by atoms with Crippen LogP contribution in [-0.2, 0) is 0 Å². The topological polar surface area (TPSA) is 56.0 Å². The van der Waals surface area contributed by atoms with Gasteiger partial charge in [0.15, 0.2) is 0 Å². The summed E-state index contributed by atoms with van der Waals surface area (Å²) in [6.45, 7) is 0. The van der Waals surface area contributed by atoms with Gasteiger partial charge in [-0.2, -0.15) is 0 Å². The second kappa shape index (κ2) is 6.23. The van der Waals surface area contributed by atoms with Crippen molar-refractivity contribution in [2.75, 3.05) is 0 Å². The van der Waals surface area contributed by atoms with Crippen LogP contribution in [0.25, 0.3) is 0 Å². The Bertz CT molecular complexity index is 214. The van der Waals surface area contributed by atoms with Crippen LogP contribution in [0.15, 0.2) is 30.6 Å². The number of rotatable bonds is 0. The quantitative estimate of drug-likeness (QED) is 0.239. The van der Waals surface area contributed by atoms with Crippen LogP contribution in [0.3, 0.4) is 0 Å². The first kappa shape index (κ1) is 9.11. The lowest BCUT2D eigenvalue weighted by Gasteiger charge is -1.70. The second-order valence-corrected chi connectivity index (χ2v) is 1.41. The second-order valence-electron chi connectivity index (χ2n) is 1.41. The first-order chi connectivity index (χ1) is 5.27. The van der Waals surface area contributed by atoms with Crippen LogP contribution in [0.1, 0.15) is 0 Å². The number of hydrogen-bond acceptors (Lipinski definition) is 3. The van der Waals surface area contributed by atoms with Crippen LogP contribution >= 0.6 is 0 Å². The van der Waals surface area contributed by atoms with Gasteiger partial charge in [0.1, 0.15) is 4.92 Å². The van der Waals surface area contributed by atoms with Gasteiger partial charge in [0.25, 0.3) is 6.04 Å². The zero-order valence-electron chi connectivity index (χ0n) is 5.68. The summed E-state index contributed by atoms with van der Waals surface area (Å²) in [6.07, 6.45) is 7.72. The number of nitrogens with zero attached hydrogens (tertiary/aromatic N) is 2. The molecule has 1 aromatic rings. The lowest BCUT2D eigenvalue weighted by molar-refractivity contribution is -0.378. The molecule has 0 fully saturated rings. The Balaban J connectivity index is 0.000000187. The molecular weight excluding hydrogens is 144 g/mol. The maximum Gasteiger partial charge on any atom is 0.286 e. The Morgan fingerprint density at radius 3 is 1.91 bits per heavy atom. The van der Waals surface area contributed by atoms with Crippen molar-refractivity contribution in [3.05, 3.63) is 40.7 Å². The Hall–Kier alpha value is -1.89. The molecule has 56 valence electrons. The van der Waals surface area contributed by atoms with E-state index >= 15 is 0 Å². The minimum Gasteiger partial charge on any atom is -0.265 e. The Kier molecular flexibility index (Phi) is 5.16. The molecule has 0 aliphatic heterocycles. The highest BCUT2D eigenvalue weighted by atomic mass is 16.6. The molecule has 0 atom stereocenters. The zero-order chi connectivity index (χ0) is 8.53. The maximum atomic E-state index is 8.94. The van der Waals surface area contributed by atoms with E-state index in [4.69, 9.17) is 10.1 Å². The number of pyridine rings is 1. The van der Waals surface area contributed by atoms with E-state index in [-0.39, 0.29) is 0 Å². The third-order valence-electron chi connectivity index (χ3n) is 0.672. The van der Waals surface area contributed by atoms with Gasteiger partial charge >= 0.3 is 0 Å². The molecule has 1 heterocycles. The molecule has 0 radical (unpaired) electrons. The van der Waals surface area contributed by atoms with Gasteiger partial charge in [0.2, 0.25) is 0 Å². The molecule has 4 nitrogen and oxygen atoms in total. The zero-order valence-corrected chi connectivity index (χ0v) is 5.68. The molecule has 0 bridgehead atoms. The van der Waals surface area contributed by atoms with Crippen molar-refractivity contribution in [2.24, 2.45) is 0 Å². The van der Waals surface area contributed by atoms with Crippen LogP contribution < -0.4 is 0 Å². The van der Waals surface area contributed by atoms with Gasteiger partial charge in [0.05, 0.1) is 0 Å². The fourth-order valence-electron chi connectivity index (χ4n) is 0.313. The van der Waals surface area contributed by atoms with E-state index in [2.05, 4.69) is 11.4 Å². The summed E-state index contributed by atoms with van der Waals surface area (Å²) in [7, 11) is 0.